The molecule has 2 N–H and O–H groups in total. The van der Waals surface area contributed by atoms with E-state index in [9.17, 15) is 23.9 Å². The lowest BCUT2D eigenvalue weighted by atomic mass is 10.1. The molecule has 7 nitrogen and oxygen atoms in total. The molecule has 0 atom stereocenters. The van der Waals surface area contributed by atoms with Crippen molar-refractivity contribution in [2.24, 2.45) is 7.05 Å². The first kappa shape index (κ1) is 23.8. The number of nitrogens with one attached hydrogen (secondary N) is 1. The first-order valence-electron chi connectivity index (χ1n) is 9.99. The monoisotopic (exact) mass is 469 g/mol. The average Bonchev–Trinajstić information content (AvgIpc) is 2.79. The van der Waals surface area contributed by atoms with Gasteiger partial charge < -0.3 is 10.4 Å². The summed E-state index contributed by atoms with van der Waals surface area (Å²) in [4.78, 5) is 37.5. The van der Waals surface area contributed by atoms with Gasteiger partial charge >= 0.3 is 5.69 Å². The van der Waals surface area contributed by atoms with Gasteiger partial charge in [0.1, 0.15) is 10.8 Å². The van der Waals surface area contributed by atoms with Crippen LogP contribution in [0.1, 0.15) is 23.1 Å². The second-order valence-electron chi connectivity index (χ2n) is 7.40. The molecule has 170 valence electrons. The van der Waals surface area contributed by atoms with E-state index in [2.05, 4.69) is 17.2 Å². The van der Waals surface area contributed by atoms with Crippen LogP contribution < -0.4 is 16.6 Å². The van der Waals surface area contributed by atoms with Crippen molar-refractivity contribution in [3.05, 3.63) is 91.0 Å². The molecule has 0 saturated carbocycles. The lowest BCUT2D eigenvalue weighted by molar-refractivity contribution is -0.116. The highest BCUT2D eigenvalue weighted by Gasteiger charge is 2.17. The maximum absolute atomic E-state index is 13.4. The molecule has 3 aromatic rings. The van der Waals surface area contributed by atoms with E-state index in [-0.39, 0.29) is 29.4 Å². The number of halogens is 2. The molecule has 0 radical (unpaired) electrons. The number of aromatic nitrogens is 2. The average molecular weight is 470 g/mol. The van der Waals surface area contributed by atoms with E-state index >= 15 is 0 Å². The number of aromatic hydroxyl groups is 1. The number of benzene rings is 2. The fourth-order valence-electron chi connectivity index (χ4n) is 3.00. The Kier molecular flexibility index (Phi) is 7.36. The zero-order chi connectivity index (χ0) is 24.1. The van der Waals surface area contributed by atoms with E-state index < -0.39 is 28.7 Å². The second kappa shape index (κ2) is 10.2. The lowest BCUT2D eigenvalue weighted by Crippen LogP contribution is -2.40. The van der Waals surface area contributed by atoms with Gasteiger partial charge in [0, 0.05) is 19.0 Å². The summed E-state index contributed by atoms with van der Waals surface area (Å²) in [6.07, 6.45) is 0.590. The first-order chi connectivity index (χ1) is 15.7. The van der Waals surface area contributed by atoms with Crippen LogP contribution >= 0.6 is 11.6 Å². The summed E-state index contributed by atoms with van der Waals surface area (Å²) in [7, 11) is 1.27. The molecule has 1 aromatic heterocycles. The predicted molar refractivity (Wildman–Crippen MR) is 124 cm³/mol. The molecule has 0 bridgehead atoms. The summed E-state index contributed by atoms with van der Waals surface area (Å²) in [5, 5.41) is 11.5. The Balaban J connectivity index is 1.80. The minimum atomic E-state index is -0.824. The Morgan fingerprint density at radius 2 is 1.88 bits per heavy atom. The van der Waals surface area contributed by atoms with Crippen molar-refractivity contribution < 1.29 is 14.3 Å². The lowest BCUT2D eigenvalue weighted by Gasteiger charge is -2.13. The van der Waals surface area contributed by atoms with Crippen molar-refractivity contribution in [1.29, 1.82) is 0 Å². The van der Waals surface area contributed by atoms with Crippen molar-refractivity contribution in [3.63, 3.8) is 0 Å². The van der Waals surface area contributed by atoms with Crippen LogP contribution in [0.25, 0.3) is 0 Å². The van der Waals surface area contributed by atoms with Crippen LogP contribution in [0.4, 0.5) is 10.1 Å². The number of nitrogens with zero attached hydrogens (tertiary/aromatic N) is 2. The van der Waals surface area contributed by atoms with E-state index in [4.69, 9.17) is 11.6 Å². The van der Waals surface area contributed by atoms with E-state index in [1.807, 2.05) is 31.2 Å². The predicted octanol–water partition coefficient (Wildman–Crippen LogP) is 2.98. The van der Waals surface area contributed by atoms with Gasteiger partial charge in [0.15, 0.2) is 11.6 Å². The maximum Gasteiger partial charge on any atom is 0.332 e. The van der Waals surface area contributed by atoms with Crippen molar-refractivity contribution in [2.45, 2.75) is 26.3 Å². The number of hydrogen-bond acceptors (Lipinski definition) is 4. The van der Waals surface area contributed by atoms with Gasteiger partial charge in [0.25, 0.3) is 5.56 Å². The van der Waals surface area contributed by atoms with Crippen LogP contribution in [0.5, 0.6) is 5.75 Å². The van der Waals surface area contributed by atoms with Gasteiger partial charge in [-0.25, -0.2) is 9.18 Å². The number of aryl methyl sites for hydroxylation is 2. The van der Waals surface area contributed by atoms with Gasteiger partial charge in [-0.3, -0.25) is 18.7 Å². The minimum Gasteiger partial charge on any atom is -0.505 e. The van der Waals surface area contributed by atoms with Gasteiger partial charge in [-0.2, -0.15) is 0 Å². The number of amides is 1. The third-order valence-corrected chi connectivity index (χ3v) is 5.32. The Morgan fingerprint density at radius 1 is 1.18 bits per heavy atom. The number of anilines is 1. The first-order valence-corrected chi connectivity index (χ1v) is 10.4. The van der Waals surface area contributed by atoms with Crippen LogP contribution in [0.15, 0.2) is 52.1 Å². The van der Waals surface area contributed by atoms with E-state index in [1.54, 1.807) is 0 Å². The van der Waals surface area contributed by atoms with Crippen molar-refractivity contribution in [1.82, 2.24) is 9.13 Å². The summed E-state index contributed by atoms with van der Waals surface area (Å²) < 4.78 is 15.3. The van der Waals surface area contributed by atoms with Gasteiger partial charge in [0.05, 0.1) is 6.54 Å². The number of carbonyl (C=O) groups is 1. The van der Waals surface area contributed by atoms with Crippen molar-refractivity contribution in [3.8, 4) is 17.6 Å². The van der Waals surface area contributed by atoms with Gasteiger partial charge in [-0.05, 0) is 37.1 Å². The summed E-state index contributed by atoms with van der Waals surface area (Å²) >= 11 is 6.27. The molecule has 0 fully saturated rings. The SMILES string of the molecule is Cc1ccc(CCC(=O)Nc2c(Cl)n(CC#Cc3ccc(O)c(F)c3)c(=O)n(C)c2=O)cc1. The molecule has 9 heteroatoms. The number of phenolic OH excluding ortho intramolecular Hbond substituents is 1. The van der Waals surface area contributed by atoms with Crippen molar-refractivity contribution >= 4 is 23.2 Å². The van der Waals surface area contributed by atoms with E-state index in [0.29, 0.717) is 6.42 Å². The number of hydrogen-bond donors (Lipinski definition) is 2. The Morgan fingerprint density at radius 3 is 2.55 bits per heavy atom. The van der Waals surface area contributed by atoms with Crippen LogP contribution in [-0.2, 0) is 24.8 Å². The summed E-state index contributed by atoms with van der Waals surface area (Å²) in [6, 6.07) is 11.4. The van der Waals surface area contributed by atoms with Crippen molar-refractivity contribution in [2.75, 3.05) is 5.32 Å². The molecule has 0 aliphatic rings. The fraction of sp³-hybridized carbons (Fsp3) is 0.208. The zero-order valence-corrected chi connectivity index (χ0v) is 18.7. The molecule has 2 aromatic carbocycles. The number of rotatable bonds is 5. The van der Waals surface area contributed by atoms with Gasteiger partial charge in [-0.15, -0.1) is 0 Å². The minimum absolute atomic E-state index is 0.119. The molecular formula is C24H21ClFN3O4. The standard InChI is InChI=1S/C24H21ClFN3O4/c1-15-5-7-16(8-6-15)10-12-20(31)27-21-22(25)29(24(33)28(2)23(21)32)13-3-4-17-9-11-19(30)18(26)14-17/h5-9,11,14,30H,10,12-13H2,1-2H3,(H,27,31). The fourth-order valence-corrected chi connectivity index (χ4v) is 3.26. The van der Waals surface area contributed by atoms with Crippen LogP contribution in [0.2, 0.25) is 5.15 Å². The summed E-state index contributed by atoms with van der Waals surface area (Å²) in [5.41, 5.74) is 0.696. The largest absolute Gasteiger partial charge is 0.505 e. The highest BCUT2D eigenvalue weighted by atomic mass is 35.5. The molecule has 0 unspecified atom stereocenters. The highest BCUT2D eigenvalue weighted by Crippen LogP contribution is 2.17. The van der Waals surface area contributed by atoms with E-state index in [1.165, 1.54) is 13.1 Å². The Bertz CT molecular complexity index is 1380. The smallest absolute Gasteiger partial charge is 0.332 e. The highest BCUT2D eigenvalue weighted by molar-refractivity contribution is 6.32. The Labute approximate surface area is 194 Å². The maximum atomic E-state index is 13.4. The molecule has 0 spiro atoms. The van der Waals surface area contributed by atoms with E-state index in [0.717, 1.165) is 32.4 Å². The van der Waals surface area contributed by atoms with Crippen LogP contribution in [0.3, 0.4) is 0 Å². The molecule has 3 rings (SSSR count). The summed E-state index contributed by atoms with van der Waals surface area (Å²) in [6.45, 7) is 1.76. The Hall–Kier alpha value is -3.83. The molecule has 1 amide bonds. The summed E-state index contributed by atoms with van der Waals surface area (Å²) in [5.74, 6) is 3.59. The zero-order valence-electron chi connectivity index (χ0n) is 18.0. The van der Waals surface area contributed by atoms with Gasteiger partial charge in [0.2, 0.25) is 5.91 Å². The number of phenols is 1. The van der Waals surface area contributed by atoms with Gasteiger partial charge in [-0.1, -0.05) is 53.3 Å². The third kappa shape index (κ3) is 5.70. The second-order valence-corrected chi connectivity index (χ2v) is 7.76. The van der Waals surface area contributed by atoms with Crippen LogP contribution in [0, 0.1) is 24.6 Å². The normalized spacial score (nSPS) is 10.4. The molecule has 33 heavy (non-hydrogen) atoms. The quantitative estimate of drug-likeness (QED) is 0.444. The topological polar surface area (TPSA) is 93.3 Å². The molecular weight excluding hydrogens is 449 g/mol. The number of carbonyl (C=O) groups excluding carboxylic acids is 1. The molecule has 0 saturated heterocycles. The molecule has 0 aliphatic carbocycles. The third-order valence-electron chi connectivity index (χ3n) is 4.92. The van der Waals surface area contributed by atoms with Crippen LogP contribution in [-0.4, -0.2) is 20.1 Å². The molecule has 0 aliphatic heterocycles. The molecule has 1 heterocycles.